The zero-order chi connectivity index (χ0) is 14.8. The molecule has 0 unspecified atom stereocenters. The van der Waals surface area contributed by atoms with Crippen LogP contribution >= 0.6 is 24.0 Å². The van der Waals surface area contributed by atoms with Gasteiger partial charge in [-0.25, -0.2) is 0 Å². The van der Waals surface area contributed by atoms with Gasteiger partial charge in [-0.15, -0.1) is 24.0 Å². The summed E-state index contributed by atoms with van der Waals surface area (Å²) >= 11 is 0. The largest absolute Gasteiger partial charge is 0.361 e. The van der Waals surface area contributed by atoms with Crippen LogP contribution in [0.4, 0.5) is 5.69 Å². The zero-order valence-corrected chi connectivity index (χ0v) is 15.4. The summed E-state index contributed by atoms with van der Waals surface area (Å²) in [6, 6.07) is 8.48. The van der Waals surface area contributed by atoms with Crippen molar-refractivity contribution in [1.82, 2.24) is 10.5 Å². The van der Waals surface area contributed by atoms with E-state index < -0.39 is 0 Å². The summed E-state index contributed by atoms with van der Waals surface area (Å²) < 4.78 is 5.20. The lowest BCUT2D eigenvalue weighted by Gasteiger charge is -2.22. The second-order valence-corrected chi connectivity index (χ2v) is 5.23. The number of para-hydroxylation sites is 1. The normalized spacial score (nSPS) is 13.8. The van der Waals surface area contributed by atoms with E-state index in [9.17, 15) is 0 Å². The number of guanidine groups is 1. The van der Waals surface area contributed by atoms with E-state index in [0.29, 0.717) is 6.54 Å². The molecule has 1 aromatic carbocycles. The maximum atomic E-state index is 5.20. The first-order valence-corrected chi connectivity index (χ1v) is 7.18. The third-order valence-corrected chi connectivity index (χ3v) is 3.96. The number of anilines is 1. The molecule has 22 heavy (non-hydrogen) atoms. The average molecular weight is 412 g/mol. The summed E-state index contributed by atoms with van der Waals surface area (Å²) in [6.07, 6.45) is 1.06. The van der Waals surface area contributed by atoms with Crippen molar-refractivity contribution in [3.05, 3.63) is 46.8 Å². The molecule has 0 saturated carbocycles. The molecular weight excluding hydrogens is 391 g/mol. The minimum atomic E-state index is 0. The van der Waals surface area contributed by atoms with E-state index in [4.69, 9.17) is 4.52 Å². The number of aromatic nitrogens is 1. The predicted molar refractivity (Wildman–Crippen MR) is 99.1 cm³/mol. The van der Waals surface area contributed by atoms with E-state index >= 15 is 0 Å². The van der Waals surface area contributed by atoms with Gasteiger partial charge < -0.3 is 14.7 Å². The zero-order valence-electron chi connectivity index (χ0n) is 13.1. The Bertz CT molecular complexity index is 661. The molecule has 0 fully saturated rings. The number of aliphatic imine (C=N–C) groups is 1. The highest BCUT2D eigenvalue weighted by molar-refractivity contribution is 14.0. The lowest BCUT2D eigenvalue weighted by molar-refractivity contribution is 0.392. The Labute approximate surface area is 147 Å². The molecule has 1 aliphatic heterocycles. The van der Waals surface area contributed by atoms with E-state index in [1.807, 2.05) is 20.9 Å². The minimum Gasteiger partial charge on any atom is -0.361 e. The van der Waals surface area contributed by atoms with Crippen LogP contribution < -0.4 is 10.2 Å². The molecule has 0 saturated heterocycles. The van der Waals surface area contributed by atoms with Gasteiger partial charge in [-0.3, -0.25) is 4.99 Å². The number of halogens is 1. The SMILES string of the molecule is CN=C(NCc1c(C)noc1C)N1CCc2ccccc21.I. The molecule has 6 heteroatoms. The third-order valence-electron chi connectivity index (χ3n) is 3.96. The fourth-order valence-electron chi connectivity index (χ4n) is 2.78. The van der Waals surface area contributed by atoms with Crippen molar-refractivity contribution in [1.29, 1.82) is 0 Å². The molecule has 118 valence electrons. The lowest BCUT2D eigenvalue weighted by Crippen LogP contribution is -2.40. The molecule has 0 amide bonds. The highest BCUT2D eigenvalue weighted by Gasteiger charge is 2.22. The van der Waals surface area contributed by atoms with Crippen molar-refractivity contribution in [2.45, 2.75) is 26.8 Å². The van der Waals surface area contributed by atoms with Gasteiger partial charge in [-0.2, -0.15) is 0 Å². The van der Waals surface area contributed by atoms with Crippen LogP contribution in [-0.2, 0) is 13.0 Å². The molecule has 0 aliphatic carbocycles. The first-order valence-electron chi connectivity index (χ1n) is 7.18. The van der Waals surface area contributed by atoms with Crippen molar-refractivity contribution >= 4 is 35.6 Å². The number of hydrogen-bond acceptors (Lipinski definition) is 3. The number of nitrogens with zero attached hydrogens (tertiary/aromatic N) is 3. The van der Waals surface area contributed by atoms with Crippen LogP contribution in [0.3, 0.4) is 0 Å². The fourth-order valence-corrected chi connectivity index (χ4v) is 2.78. The first kappa shape index (κ1) is 16.8. The Kier molecular flexibility index (Phi) is 5.44. The van der Waals surface area contributed by atoms with Gasteiger partial charge in [0, 0.05) is 31.4 Å². The molecule has 0 atom stereocenters. The number of benzene rings is 1. The van der Waals surface area contributed by atoms with E-state index in [1.165, 1.54) is 11.3 Å². The molecule has 1 aromatic heterocycles. The molecule has 0 spiro atoms. The second kappa shape index (κ2) is 7.13. The topological polar surface area (TPSA) is 53.7 Å². The highest BCUT2D eigenvalue weighted by Crippen LogP contribution is 2.27. The Balaban J connectivity index is 0.00000176. The third kappa shape index (κ3) is 3.11. The lowest BCUT2D eigenvalue weighted by atomic mass is 10.2. The summed E-state index contributed by atoms with van der Waals surface area (Å²) in [5.74, 6) is 1.75. The van der Waals surface area contributed by atoms with E-state index in [0.717, 1.165) is 35.9 Å². The molecular formula is C16H21IN4O. The fraction of sp³-hybridized carbons (Fsp3) is 0.375. The van der Waals surface area contributed by atoms with E-state index in [2.05, 4.69) is 44.6 Å². The monoisotopic (exact) mass is 412 g/mol. The highest BCUT2D eigenvalue weighted by atomic mass is 127. The predicted octanol–water partition coefficient (Wildman–Crippen LogP) is 3.05. The molecule has 1 N–H and O–H groups in total. The van der Waals surface area contributed by atoms with Crippen LogP contribution in [0, 0.1) is 13.8 Å². The molecule has 0 radical (unpaired) electrons. The maximum Gasteiger partial charge on any atom is 0.198 e. The van der Waals surface area contributed by atoms with E-state index in [-0.39, 0.29) is 24.0 Å². The summed E-state index contributed by atoms with van der Waals surface area (Å²) in [7, 11) is 1.82. The van der Waals surface area contributed by atoms with Crippen LogP contribution in [-0.4, -0.2) is 24.7 Å². The second-order valence-electron chi connectivity index (χ2n) is 5.23. The van der Waals surface area contributed by atoms with Crippen molar-refractivity contribution in [3.63, 3.8) is 0 Å². The number of rotatable bonds is 2. The van der Waals surface area contributed by atoms with Crippen molar-refractivity contribution in [2.24, 2.45) is 4.99 Å². The summed E-state index contributed by atoms with van der Waals surface area (Å²) in [5.41, 5.74) is 4.64. The van der Waals surface area contributed by atoms with Crippen LogP contribution in [0.5, 0.6) is 0 Å². The average Bonchev–Trinajstić information content (AvgIpc) is 3.06. The van der Waals surface area contributed by atoms with Gasteiger partial charge in [-0.1, -0.05) is 23.4 Å². The Morgan fingerprint density at radius 3 is 2.82 bits per heavy atom. The van der Waals surface area contributed by atoms with Crippen molar-refractivity contribution in [3.8, 4) is 0 Å². The molecule has 2 aromatic rings. The van der Waals surface area contributed by atoms with Gasteiger partial charge in [0.15, 0.2) is 5.96 Å². The molecule has 2 heterocycles. The van der Waals surface area contributed by atoms with Gasteiger partial charge in [0.25, 0.3) is 0 Å². The maximum absolute atomic E-state index is 5.20. The molecule has 1 aliphatic rings. The van der Waals surface area contributed by atoms with Crippen LogP contribution in [0.15, 0.2) is 33.8 Å². The summed E-state index contributed by atoms with van der Waals surface area (Å²) in [6.45, 7) is 5.53. The number of nitrogens with one attached hydrogen (secondary N) is 1. The number of hydrogen-bond donors (Lipinski definition) is 1. The number of fused-ring (bicyclic) bond motifs is 1. The van der Waals surface area contributed by atoms with Crippen LogP contribution in [0.1, 0.15) is 22.6 Å². The quantitative estimate of drug-likeness (QED) is 0.468. The number of aryl methyl sites for hydroxylation is 2. The van der Waals surface area contributed by atoms with E-state index in [1.54, 1.807) is 0 Å². The Morgan fingerprint density at radius 2 is 2.14 bits per heavy atom. The standard InChI is InChI=1S/C16H20N4O.HI/c1-11-14(12(2)21-19-11)10-18-16(17-3)20-9-8-13-6-4-5-7-15(13)20;/h4-7H,8-10H2,1-3H3,(H,17,18);1H. The van der Waals surface area contributed by atoms with Crippen molar-refractivity contribution in [2.75, 3.05) is 18.5 Å². The Morgan fingerprint density at radius 1 is 1.36 bits per heavy atom. The first-order chi connectivity index (χ1) is 10.2. The summed E-state index contributed by atoms with van der Waals surface area (Å²) in [5, 5.41) is 7.40. The molecule has 3 rings (SSSR count). The van der Waals surface area contributed by atoms with Crippen LogP contribution in [0.2, 0.25) is 0 Å². The molecule has 0 bridgehead atoms. The summed E-state index contributed by atoms with van der Waals surface area (Å²) in [4.78, 5) is 6.64. The van der Waals surface area contributed by atoms with Gasteiger partial charge in [-0.05, 0) is 31.9 Å². The minimum absolute atomic E-state index is 0. The van der Waals surface area contributed by atoms with Gasteiger partial charge in [0.05, 0.1) is 5.69 Å². The Hall–Kier alpha value is -1.57. The van der Waals surface area contributed by atoms with Crippen molar-refractivity contribution < 1.29 is 4.52 Å². The molecule has 5 nitrogen and oxygen atoms in total. The van der Waals surface area contributed by atoms with Crippen LogP contribution in [0.25, 0.3) is 0 Å². The van der Waals surface area contributed by atoms with Gasteiger partial charge >= 0.3 is 0 Å². The van der Waals surface area contributed by atoms with Gasteiger partial charge in [0.2, 0.25) is 0 Å². The smallest absolute Gasteiger partial charge is 0.198 e. The van der Waals surface area contributed by atoms with Gasteiger partial charge in [0.1, 0.15) is 5.76 Å².